The summed E-state index contributed by atoms with van der Waals surface area (Å²) in [7, 11) is 3.14. The summed E-state index contributed by atoms with van der Waals surface area (Å²) in [4.78, 5) is 12.6. The van der Waals surface area contributed by atoms with Gasteiger partial charge in [-0.2, -0.15) is 0 Å². The molecule has 0 atom stereocenters. The molecule has 0 aromatic heterocycles. The normalized spacial score (nSPS) is 16.7. The zero-order valence-corrected chi connectivity index (χ0v) is 9.63. The fraction of sp³-hybridized carbons (Fsp3) is 0.417. The Morgan fingerprint density at radius 3 is 2.35 bits per heavy atom. The van der Waals surface area contributed by atoms with Crippen LogP contribution in [0.2, 0.25) is 0 Å². The largest absolute Gasteiger partial charge is 0.481 e. The van der Waals surface area contributed by atoms with Crippen molar-refractivity contribution in [1.29, 1.82) is 0 Å². The lowest BCUT2D eigenvalue weighted by Crippen LogP contribution is -2.24. The molecule has 17 heavy (non-hydrogen) atoms. The van der Waals surface area contributed by atoms with Crippen molar-refractivity contribution in [3.8, 4) is 0 Å². The average Bonchev–Trinajstić information content (AvgIpc) is 3.02. The monoisotopic (exact) mass is 241 g/mol. The highest BCUT2D eigenvalue weighted by Gasteiger charge is 2.53. The number of hydrogen-bond acceptors (Lipinski definition) is 2. The maximum Gasteiger partial charge on any atom is 0.314 e. The maximum atomic E-state index is 13.7. The molecule has 1 saturated carbocycles. The number of halogens is 2. The summed E-state index contributed by atoms with van der Waals surface area (Å²) in [5.74, 6) is -2.93. The number of rotatable bonds is 3. The first-order chi connectivity index (χ1) is 7.90. The number of benzene rings is 1. The van der Waals surface area contributed by atoms with Crippen molar-refractivity contribution >= 4 is 11.7 Å². The van der Waals surface area contributed by atoms with Gasteiger partial charge in [0.15, 0.2) is 11.6 Å². The summed E-state index contributed by atoms with van der Waals surface area (Å²) >= 11 is 0. The van der Waals surface area contributed by atoms with Crippen LogP contribution in [0.3, 0.4) is 0 Å². The minimum atomic E-state index is -1.03. The molecule has 0 heterocycles. The van der Waals surface area contributed by atoms with Gasteiger partial charge in [0.2, 0.25) is 0 Å². The Balaban J connectivity index is 2.63. The third-order valence-corrected chi connectivity index (χ3v) is 3.19. The van der Waals surface area contributed by atoms with Crippen LogP contribution in [0.25, 0.3) is 0 Å². The number of hydrogen-bond donors (Lipinski definition) is 1. The first-order valence-corrected chi connectivity index (χ1v) is 5.29. The van der Waals surface area contributed by atoms with Crippen molar-refractivity contribution in [2.45, 2.75) is 18.3 Å². The first-order valence-electron chi connectivity index (χ1n) is 5.29. The molecule has 0 spiro atoms. The zero-order chi connectivity index (χ0) is 12.8. The van der Waals surface area contributed by atoms with E-state index in [0.29, 0.717) is 18.4 Å². The van der Waals surface area contributed by atoms with E-state index in [2.05, 4.69) is 0 Å². The van der Waals surface area contributed by atoms with Crippen molar-refractivity contribution in [3.63, 3.8) is 0 Å². The van der Waals surface area contributed by atoms with E-state index in [1.807, 2.05) is 0 Å². The molecule has 2 rings (SSSR count). The Morgan fingerprint density at radius 2 is 1.94 bits per heavy atom. The van der Waals surface area contributed by atoms with E-state index in [0.717, 1.165) is 6.07 Å². The molecule has 1 N–H and O–H groups in total. The van der Waals surface area contributed by atoms with E-state index in [4.69, 9.17) is 0 Å². The van der Waals surface area contributed by atoms with Gasteiger partial charge in [-0.15, -0.1) is 0 Å². The molecule has 92 valence electrons. The standard InChI is InChI=1S/C12H13F2NO2/c1-15(2)10-7(3-4-8(13)9(10)14)12(5-6-12)11(16)17/h3-4H,5-6H2,1-2H3,(H,16,17). The van der Waals surface area contributed by atoms with Crippen molar-refractivity contribution in [3.05, 3.63) is 29.3 Å². The number of carboxylic acid groups (broad SMARTS) is 1. The Kier molecular flexibility index (Phi) is 2.56. The quantitative estimate of drug-likeness (QED) is 0.881. The van der Waals surface area contributed by atoms with E-state index in [9.17, 15) is 18.7 Å². The number of aliphatic carboxylic acids is 1. The van der Waals surface area contributed by atoms with Crippen molar-refractivity contribution in [2.24, 2.45) is 0 Å². The van der Waals surface area contributed by atoms with Gasteiger partial charge in [-0.1, -0.05) is 6.07 Å². The van der Waals surface area contributed by atoms with Gasteiger partial charge in [-0.05, 0) is 24.5 Å². The van der Waals surface area contributed by atoms with Crippen LogP contribution in [0.5, 0.6) is 0 Å². The Hall–Kier alpha value is -1.65. The predicted molar refractivity (Wildman–Crippen MR) is 59.2 cm³/mol. The first kappa shape index (κ1) is 11.8. The molecule has 0 amide bonds. The molecule has 1 aromatic carbocycles. The van der Waals surface area contributed by atoms with E-state index in [1.54, 1.807) is 14.1 Å². The number of anilines is 1. The summed E-state index contributed by atoms with van der Waals surface area (Å²) in [6, 6.07) is 2.36. The molecule has 0 radical (unpaired) electrons. The minimum Gasteiger partial charge on any atom is -0.481 e. The smallest absolute Gasteiger partial charge is 0.314 e. The van der Waals surface area contributed by atoms with Crippen LogP contribution in [0.1, 0.15) is 18.4 Å². The molecule has 0 aliphatic heterocycles. The second-order valence-electron chi connectivity index (χ2n) is 4.54. The topological polar surface area (TPSA) is 40.5 Å². The van der Waals surface area contributed by atoms with Crippen LogP contribution in [-0.4, -0.2) is 25.2 Å². The Morgan fingerprint density at radius 1 is 1.35 bits per heavy atom. The highest BCUT2D eigenvalue weighted by atomic mass is 19.2. The average molecular weight is 241 g/mol. The summed E-state index contributed by atoms with van der Waals surface area (Å²) < 4.78 is 26.9. The second-order valence-corrected chi connectivity index (χ2v) is 4.54. The lowest BCUT2D eigenvalue weighted by Gasteiger charge is -2.22. The van der Waals surface area contributed by atoms with E-state index in [-0.39, 0.29) is 5.69 Å². The number of carbonyl (C=O) groups is 1. The molecule has 3 nitrogen and oxygen atoms in total. The van der Waals surface area contributed by atoms with Crippen LogP contribution in [0.4, 0.5) is 14.5 Å². The molecule has 1 aliphatic rings. The van der Waals surface area contributed by atoms with Gasteiger partial charge in [-0.25, -0.2) is 8.78 Å². The van der Waals surface area contributed by atoms with Gasteiger partial charge in [0.05, 0.1) is 11.1 Å². The lowest BCUT2D eigenvalue weighted by atomic mass is 9.93. The number of nitrogens with zero attached hydrogens (tertiary/aromatic N) is 1. The van der Waals surface area contributed by atoms with Crippen LogP contribution in [-0.2, 0) is 10.2 Å². The van der Waals surface area contributed by atoms with Crippen LogP contribution in [0.15, 0.2) is 12.1 Å². The molecule has 1 fully saturated rings. The Bertz CT molecular complexity index is 482. The second kappa shape index (κ2) is 3.68. The maximum absolute atomic E-state index is 13.7. The van der Waals surface area contributed by atoms with Gasteiger partial charge in [-0.3, -0.25) is 4.79 Å². The van der Waals surface area contributed by atoms with Gasteiger partial charge in [0.1, 0.15) is 0 Å². The molecule has 1 aliphatic carbocycles. The molecule has 0 unspecified atom stereocenters. The Labute approximate surface area is 97.7 Å². The van der Waals surface area contributed by atoms with E-state index < -0.39 is 23.0 Å². The molecule has 5 heteroatoms. The fourth-order valence-electron chi connectivity index (χ4n) is 2.09. The third-order valence-electron chi connectivity index (χ3n) is 3.19. The number of carboxylic acids is 1. The van der Waals surface area contributed by atoms with Gasteiger partial charge in [0.25, 0.3) is 0 Å². The van der Waals surface area contributed by atoms with Gasteiger partial charge >= 0.3 is 5.97 Å². The van der Waals surface area contributed by atoms with E-state index >= 15 is 0 Å². The fourth-order valence-corrected chi connectivity index (χ4v) is 2.09. The third kappa shape index (κ3) is 1.66. The highest BCUT2D eigenvalue weighted by molar-refractivity contribution is 5.87. The summed E-state index contributed by atoms with van der Waals surface area (Å²) in [6.45, 7) is 0. The molecule has 0 saturated heterocycles. The van der Waals surface area contributed by atoms with E-state index in [1.165, 1.54) is 11.0 Å². The van der Waals surface area contributed by atoms with Crippen LogP contribution in [0, 0.1) is 11.6 Å². The summed E-state index contributed by atoms with van der Waals surface area (Å²) in [6.07, 6.45) is 0.933. The zero-order valence-electron chi connectivity index (χ0n) is 9.63. The van der Waals surface area contributed by atoms with Gasteiger partial charge in [0, 0.05) is 14.1 Å². The van der Waals surface area contributed by atoms with Crippen LogP contribution < -0.4 is 4.90 Å². The highest BCUT2D eigenvalue weighted by Crippen LogP contribution is 2.52. The summed E-state index contributed by atoms with van der Waals surface area (Å²) in [5.41, 5.74) is -0.646. The lowest BCUT2D eigenvalue weighted by molar-refractivity contribution is -0.140. The molecule has 0 bridgehead atoms. The van der Waals surface area contributed by atoms with Gasteiger partial charge < -0.3 is 10.0 Å². The molecular formula is C12H13F2NO2. The van der Waals surface area contributed by atoms with Crippen molar-refractivity contribution in [1.82, 2.24) is 0 Å². The van der Waals surface area contributed by atoms with Crippen LogP contribution >= 0.6 is 0 Å². The molecule has 1 aromatic rings. The summed E-state index contributed by atoms with van der Waals surface area (Å²) in [5, 5.41) is 9.19. The SMILES string of the molecule is CN(C)c1c(C2(C(=O)O)CC2)ccc(F)c1F. The molecular weight excluding hydrogens is 228 g/mol. The van der Waals surface area contributed by atoms with Crippen molar-refractivity contribution < 1.29 is 18.7 Å². The minimum absolute atomic E-state index is 0.0323. The van der Waals surface area contributed by atoms with Crippen molar-refractivity contribution in [2.75, 3.05) is 19.0 Å². The predicted octanol–water partition coefficient (Wildman–Crippen LogP) is 2.15.